The third kappa shape index (κ3) is 17.5. The largest absolute Gasteiger partial charge is 0.465 e. The summed E-state index contributed by atoms with van der Waals surface area (Å²) >= 11 is 14.4. The zero-order valence-corrected chi connectivity index (χ0v) is 43.0. The minimum absolute atomic E-state index is 0.0349. The van der Waals surface area contributed by atoms with Gasteiger partial charge >= 0.3 is 23.9 Å². The Morgan fingerprint density at radius 1 is 0.536 bits per heavy atom. The first-order valence-corrected chi connectivity index (χ1v) is 25.7. The van der Waals surface area contributed by atoms with Crippen molar-refractivity contribution < 1.29 is 66.1 Å². The predicted molar refractivity (Wildman–Crippen MR) is 261 cm³/mol. The number of halogens is 4. The maximum Gasteiger partial charge on any atom is 0.334 e. The summed E-state index contributed by atoms with van der Waals surface area (Å²) in [4.78, 5) is 103. The molecular formula is C49H60Cl2F2N2O12S2. The molecule has 0 aromatic heterocycles. The van der Waals surface area contributed by atoms with Crippen LogP contribution in [-0.2, 0) is 57.3 Å². The lowest BCUT2D eigenvalue weighted by atomic mass is 9.90. The summed E-state index contributed by atoms with van der Waals surface area (Å²) in [7, 11) is 0. The fraction of sp³-hybridized carbons (Fsp3) is 0.510. The summed E-state index contributed by atoms with van der Waals surface area (Å²) in [6, 6.07) is 4.51. The van der Waals surface area contributed by atoms with Crippen LogP contribution < -0.4 is 9.80 Å². The van der Waals surface area contributed by atoms with E-state index in [1.165, 1.54) is 12.1 Å². The second-order valence-corrected chi connectivity index (χ2v) is 18.5. The van der Waals surface area contributed by atoms with Gasteiger partial charge in [0.25, 0.3) is 11.8 Å². The van der Waals surface area contributed by atoms with Crippen molar-refractivity contribution in [2.24, 2.45) is 0 Å². The van der Waals surface area contributed by atoms with E-state index >= 15 is 0 Å². The van der Waals surface area contributed by atoms with Gasteiger partial charge in [-0.1, -0.05) is 56.8 Å². The van der Waals surface area contributed by atoms with Crippen molar-refractivity contribution in [1.29, 1.82) is 0 Å². The van der Waals surface area contributed by atoms with E-state index in [1.54, 1.807) is 6.92 Å². The number of rotatable bonds is 21. The Morgan fingerprint density at radius 3 is 1.26 bits per heavy atom. The maximum atomic E-state index is 15.0. The third-order valence-electron chi connectivity index (χ3n) is 10.4. The van der Waals surface area contributed by atoms with Crippen molar-refractivity contribution >= 4 is 106 Å². The molecule has 0 fully saturated rings. The highest BCUT2D eigenvalue weighted by Gasteiger charge is 2.34. The highest BCUT2D eigenvalue weighted by Crippen LogP contribution is 2.38. The average Bonchev–Trinajstić information content (AvgIpc) is 3.31. The fourth-order valence-electron chi connectivity index (χ4n) is 6.97. The molecule has 0 bridgehead atoms. The van der Waals surface area contributed by atoms with E-state index < -0.39 is 59.1 Å². The van der Waals surface area contributed by atoms with Crippen LogP contribution in [-0.4, -0.2) is 85.4 Å². The van der Waals surface area contributed by atoms with Gasteiger partial charge in [0.15, 0.2) is 0 Å². The molecule has 0 atom stereocenters. The number of carbonyl (C=O) groups is 8. The number of carbonyl (C=O) groups excluding carboxylic acids is 8. The molecule has 20 heteroatoms. The number of ether oxygens (including phenoxy) is 4. The minimum atomic E-state index is -0.877. The van der Waals surface area contributed by atoms with E-state index in [0.29, 0.717) is 77.8 Å². The van der Waals surface area contributed by atoms with E-state index in [0.717, 1.165) is 75.2 Å². The van der Waals surface area contributed by atoms with Crippen molar-refractivity contribution in [3.63, 3.8) is 0 Å². The van der Waals surface area contributed by atoms with E-state index in [-0.39, 0.29) is 81.3 Å². The Morgan fingerprint density at radius 2 is 0.913 bits per heavy atom. The number of anilines is 2. The first-order valence-electron chi connectivity index (χ1n) is 22.9. The molecule has 0 unspecified atom stereocenters. The van der Waals surface area contributed by atoms with E-state index in [9.17, 15) is 47.1 Å². The summed E-state index contributed by atoms with van der Waals surface area (Å²) in [6.07, 6.45) is 7.86. The van der Waals surface area contributed by atoms with Gasteiger partial charge in [0.2, 0.25) is 11.8 Å². The molecule has 2 aromatic carbocycles. The normalized spacial score (nSPS) is 13.4. The highest BCUT2D eigenvalue weighted by molar-refractivity contribution is 8.00. The van der Waals surface area contributed by atoms with Crippen molar-refractivity contribution in [2.45, 2.75) is 135 Å². The van der Waals surface area contributed by atoms with Gasteiger partial charge in [0.05, 0.1) is 59.4 Å². The number of amides is 4. The molecule has 378 valence electrons. The lowest BCUT2D eigenvalue weighted by Crippen LogP contribution is -2.38. The van der Waals surface area contributed by atoms with Crippen molar-refractivity contribution in [3.8, 4) is 0 Å². The van der Waals surface area contributed by atoms with Crippen LogP contribution in [0.2, 0.25) is 10.0 Å². The Hall–Kier alpha value is -4.78. The first kappa shape index (κ1) is 58.5. The summed E-state index contributed by atoms with van der Waals surface area (Å²) in [5.74, 6) is -6.97. The smallest absolute Gasteiger partial charge is 0.334 e. The number of nitrogens with zero attached hydrogens (tertiary/aromatic N) is 2. The zero-order valence-electron chi connectivity index (χ0n) is 39.9. The monoisotopic (exact) mass is 1040 g/mol. The number of imide groups is 2. The summed E-state index contributed by atoms with van der Waals surface area (Å²) < 4.78 is 50.4. The number of thioether (sulfide) groups is 2. The van der Waals surface area contributed by atoms with Gasteiger partial charge in [-0.25, -0.2) is 28.2 Å². The van der Waals surface area contributed by atoms with E-state index in [2.05, 4.69) is 0 Å². The van der Waals surface area contributed by atoms with Crippen molar-refractivity contribution in [2.75, 3.05) is 47.7 Å². The van der Waals surface area contributed by atoms with Crippen molar-refractivity contribution in [3.05, 3.63) is 68.2 Å². The minimum Gasteiger partial charge on any atom is -0.465 e. The lowest BCUT2D eigenvalue weighted by Gasteiger charge is -2.25. The van der Waals surface area contributed by atoms with Crippen LogP contribution in [0.1, 0.15) is 125 Å². The first-order chi connectivity index (χ1) is 32.9. The highest BCUT2D eigenvalue weighted by atomic mass is 35.5. The SMILES string of the molecule is CCCCOC(=O)CSc1cc(N(C(C)=O)C(=O)C2=C(C(=O)OCC)CCCC2)c(F)cc1Cl.CCCCOC(=O)CSc1cc(N(C(C)=O)C(=O)C2=C(C(=O)OCCC)CCCC2)c(F)cc1Cl. The number of hydrogen-bond acceptors (Lipinski definition) is 14. The fourth-order valence-corrected chi connectivity index (χ4v) is 9.09. The zero-order chi connectivity index (χ0) is 51.2. The average molecular weight is 1040 g/mol. The number of hydrogen-bond donors (Lipinski definition) is 0. The molecule has 0 saturated carbocycles. The van der Waals surface area contributed by atoms with Gasteiger partial charge < -0.3 is 18.9 Å². The molecule has 0 spiro atoms. The van der Waals surface area contributed by atoms with Gasteiger partial charge in [-0.15, -0.1) is 23.5 Å². The summed E-state index contributed by atoms with van der Waals surface area (Å²) in [5.41, 5.74) is 0.125. The van der Waals surface area contributed by atoms with E-state index in [1.807, 2.05) is 20.8 Å². The lowest BCUT2D eigenvalue weighted by molar-refractivity contribution is -0.141. The topological polar surface area (TPSA) is 180 Å². The number of esters is 4. The molecule has 2 aliphatic rings. The van der Waals surface area contributed by atoms with Gasteiger partial charge in [-0.05, 0) is 102 Å². The number of unbranched alkanes of at least 4 members (excludes halogenated alkanes) is 2. The molecule has 0 saturated heterocycles. The van der Waals surface area contributed by atoms with E-state index in [4.69, 9.17) is 42.1 Å². The Bertz CT molecular complexity index is 2290. The Balaban J connectivity index is 0.000000365. The molecule has 0 radical (unpaired) electrons. The second kappa shape index (κ2) is 30.1. The van der Waals surface area contributed by atoms with Crippen LogP contribution in [0.15, 0.2) is 56.3 Å². The molecule has 4 amide bonds. The van der Waals surface area contributed by atoms with Gasteiger partial charge in [-0.2, -0.15) is 0 Å². The molecule has 0 aliphatic heterocycles. The van der Waals surface area contributed by atoms with Crippen molar-refractivity contribution in [1.82, 2.24) is 0 Å². The molecule has 0 N–H and O–H groups in total. The maximum absolute atomic E-state index is 15.0. The van der Waals surface area contributed by atoms with Crippen LogP contribution >= 0.6 is 46.7 Å². The molecule has 69 heavy (non-hydrogen) atoms. The third-order valence-corrected chi connectivity index (χ3v) is 13.3. The van der Waals surface area contributed by atoms with Gasteiger partial charge in [0, 0.05) is 45.9 Å². The second-order valence-electron chi connectivity index (χ2n) is 15.7. The quantitative estimate of drug-likeness (QED) is 0.0499. The molecule has 2 aromatic rings. The van der Waals surface area contributed by atoms with Crippen LogP contribution in [0.5, 0.6) is 0 Å². The molecule has 14 nitrogen and oxygen atoms in total. The van der Waals surface area contributed by atoms with Crippen LogP contribution in [0.4, 0.5) is 20.2 Å². The molecule has 4 rings (SSSR count). The van der Waals surface area contributed by atoms with Gasteiger partial charge in [0.1, 0.15) is 11.6 Å². The summed E-state index contributed by atoms with van der Waals surface area (Å²) in [6.45, 7) is 10.7. The summed E-state index contributed by atoms with van der Waals surface area (Å²) in [5, 5.41) is 0.0712. The Labute approximate surface area is 420 Å². The van der Waals surface area contributed by atoms with Crippen LogP contribution in [0, 0.1) is 11.6 Å². The van der Waals surface area contributed by atoms with Crippen LogP contribution in [0.25, 0.3) is 0 Å². The molecule has 2 aliphatic carbocycles. The van der Waals surface area contributed by atoms with Gasteiger partial charge in [-0.3, -0.25) is 28.8 Å². The molecule has 0 heterocycles. The Kier molecular flexibility index (Phi) is 25.5. The van der Waals surface area contributed by atoms with Crippen LogP contribution in [0.3, 0.4) is 0 Å². The number of benzene rings is 2. The molecular weight excluding hydrogens is 982 g/mol. The predicted octanol–water partition coefficient (Wildman–Crippen LogP) is 10.8. The standard InChI is InChI=1S/C25H31ClFNO6S.C24H29ClFNO6S/c1-4-6-12-33-23(30)15-35-22-14-21(20(27)13-19(22)26)28(16(3)29)24(31)17-9-7-8-10-18(17)25(32)34-11-5-2;1-4-6-11-33-22(29)14-34-21-13-20(19(26)12-18(21)25)27(15(3)28)23(30)16-9-7-8-10-17(16)24(31)32-5-2/h13-14H,4-12,15H2,1-3H3;12-13H,4-11,14H2,1-3H3.